The van der Waals surface area contributed by atoms with Crippen LogP contribution in [0.2, 0.25) is 16.7 Å². The summed E-state index contributed by atoms with van der Waals surface area (Å²) >= 11 is -5.36. The van der Waals surface area contributed by atoms with Crippen molar-refractivity contribution >= 4 is 19.1 Å². The van der Waals surface area contributed by atoms with Gasteiger partial charge in [-0.15, -0.1) is 0 Å². The molecule has 2 aliphatic carbocycles. The molecule has 0 fully saturated rings. The van der Waals surface area contributed by atoms with Crippen molar-refractivity contribution < 1.29 is 14.2 Å². The molecule has 0 heterocycles. The minimum absolute atomic E-state index is 0.335. The van der Waals surface area contributed by atoms with Gasteiger partial charge in [0.25, 0.3) is 0 Å². The number of benzene rings is 6. The average Bonchev–Trinajstić information content (AvgIpc) is 3.83. The number of hydrogen-bond donors (Lipinski definition) is 0. The van der Waals surface area contributed by atoms with Gasteiger partial charge in [0.15, 0.2) is 0 Å². The minimum atomic E-state index is -5.36. The fraction of sp³-hybridized carbons (Fsp3) is 0.200. The van der Waals surface area contributed by atoms with Gasteiger partial charge in [-0.2, -0.15) is 0 Å². The molecule has 52 heavy (non-hydrogen) atoms. The van der Waals surface area contributed by atoms with E-state index in [1.807, 2.05) is 0 Å². The molecule has 6 aromatic rings. The summed E-state index contributed by atoms with van der Waals surface area (Å²) in [7, 11) is 0. The van der Waals surface area contributed by atoms with Crippen LogP contribution in [0.4, 0.5) is 0 Å². The van der Waals surface area contributed by atoms with Gasteiger partial charge >= 0.3 is 310 Å². The van der Waals surface area contributed by atoms with Crippen molar-refractivity contribution in [1.29, 1.82) is 0 Å². The normalized spacial score (nSPS) is 18.4. The Bertz CT molecular complexity index is 2380. The van der Waals surface area contributed by atoms with E-state index >= 15 is 0 Å². The molecule has 0 aromatic heterocycles. The molecular weight excluding hydrogens is 807 g/mol. The Labute approximate surface area is 307 Å². The standard InChI is InChI=1S/2C21H15.2C3H7.2CH3.Hf.H2Si/c2*1-2-8-16(9-3-1)18-12-4-5-13-20(18)21-15-7-11-17-10-6-14-19(17)21;2*1-3-2;;;;/h2*1-15H;2*3H,1-2H3;2*1H3;;1H2. The average molecular weight is 860 g/mol. The number of hydrogen-bond acceptors (Lipinski definition) is 0. The third-order valence-electron chi connectivity index (χ3n) is 16.4. The monoisotopic (exact) mass is 860 g/mol. The molecular formula is C50H52HfSi. The number of rotatable bonds is 8. The van der Waals surface area contributed by atoms with E-state index < -0.39 is 14.2 Å². The Morgan fingerprint density at radius 3 is 1.10 bits per heavy atom. The first kappa shape index (κ1) is 34.9. The molecule has 0 saturated heterocycles. The van der Waals surface area contributed by atoms with Gasteiger partial charge in [-0.3, -0.25) is 0 Å². The second-order valence-electron chi connectivity index (χ2n) is 18.8. The Morgan fingerprint density at radius 2 is 0.731 bits per heavy atom. The molecule has 2 atom stereocenters. The van der Waals surface area contributed by atoms with Crippen molar-refractivity contribution in [1.82, 2.24) is 0 Å². The molecule has 0 N–H and O–H groups in total. The molecule has 260 valence electrons. The van der Waals surface area contributed by atoms with Gasteiger partial charge in [-0.1, -0.05) is 0 Å². The van der Waals surface area contributed by atoms with Gasteiger partial charge in [-0.25, -0.2) is 0 Å². The van der Waals surface area contributed by atoms with Crippen molar-refractivity contribution in [2.45, 2.75) is 51.8 Å². The third-order valence-corrected chi connectivity index (χ3v) is 97.2. The second kappa shape index (κ2) is 11.4. The molecule has 0 aliphatic heterocycles. The molecule has 2 unspecified atom stereocenters. The van der Waals surface area contributed by atoms with Crippen molar-refractivity contribution in [2.24, 2.45) is 0 Å². The van der Waals surface area contributed by atoms with Crippen molar-refractivity contribution in [3.63, 3.8) is 0 Å². The molecule has 0 amide bonds. The SMILES string of the molecule is C[CH](C)[Hf]([CH3])([CH3])(=[SiH2])([CH](C)C)([CH]1C=Cc2c(-c3ccccc3-c3ccccc3)cccc21)[CH]1C=Cc2c(-c3ccccc3-c3ccccc3)cccc21. The number of allylic oxidation sites excluding steroid dienone is 2. The van der Waals surface area contributed by atoms with Crippen LogP contribution in [0, 0.1) is 0 Å². The van der Waals surface area contributed by atoms with Gasteiger partial charge in [-0.05, 0) is 0 Å². The first-order chi connectivity index (χ1) is 24.8. The summed E-state index contributed by atoms with van der Waals surface area (Å²) in [5.41, 5.74) is 16.2. The third kappa shape index (κ3) is 4.47. The zero-order valence-corrected chi connectivity index (χ0v) is 36.7. The maximum atomic E-state index is 2.88. The predicted molar refractivity (Wildman–Crippen MR) is 229 cm³/mol. The topological polar surface area (TPSA) is 0 Å². The molecule has 0 radical (unpaired) electrons. The van der Waals surface area contributed by atoms with Crippen LogP contribution in [0.25, 0.3) is 56.7 Å². The van der Waals surface area contributed by atoms with Gasteiger partial charge < -0.3 is 0 Å². The zero-order chi connectivity index (χ0) is 36.4. The van der Waals surface area contributed by atoms with E-state index in [1.165, 1.54) is 66.8 Å². The number of fused-ring (bicyclic) bond motifs is 2. The van der Waals surface area contributed by atoms with Crippen molar-refractivity contribution in [3.8, 4) is 44.5 Å². The molecule has 2 aliphatic rings. The van der Waals surface area contributed by atoms with E-state index in [-0.39, 0.29) is 0 Å². The summed E-state index contributed by atoms with van der Waals surface area (Å²) in [6.07, 6.45) is 10.3. The van der Waals surface area contributed by atoms with Gasteiger partial charge in [0.2, 0.25) is 0 Å². The Morgan fingerprint density at radius 1 is 0.404 bits per heavy atom. The first-order valence-corrected chi connectivity index (χ1v) is 43.1. The quantitative estimate of drug-likeness (QED) is 0.134. The predicted octanol–water partition coefficient (Wildman–Crippen LogP) is 14.3. The fourth-order valence-electron chi connectivity index (χ4n) is 10.8. The van der Waals surface area contributed by atoms with Crippen LogP contribution in [-0.4, -0.2) is 6.94 Å². The van der Waals surface area contributed by atoms with E-state index in [2.05, 4.69) is 214 Å². The van der Waals surface area contributed by atoms with Crippen molar-refractivity contribution in [2.75, 3.05) is 0 Å². The van der Waals surface area contributed by atoms with Crippen molar-refractivity contribution in [3.05, 3.63) is 180 Å². The summed E-state index contributed by atoms with van der Waals surface area (Å²) in [6.45, 7) is 12.8. The molecule has 0 saturated carbocycles. The maximum absolute atomic E-state index is 5.36. The van der Waals surface area contributed by atoms with E-state index in [4.69, 9.17) is 0 Å². The Balaban J connectivity index is 1.35. The van der Waals surface area contributed by atoms with Crippen LogP contribution >= 0.6 is 0 Å². The Hall–Kier alpha value is -4.11. The van der Waals surface area contributed by atoms with Crippen LogP contribution in [0.3, 0.4) is 0 Å². The summed E-state index contributed by atoms with van der Waals surface area (Å²) in [6, 6.07) is 54.0. The zero-order valence-electron chi connectivity index (χ0n) is 31.7. The van der Waals surface area contributed by atoms with Gasteiger partial charge in [0.05, 0.1) is 0 Å². The van der Waals surface area contributed by atoms with Crippen LogP contribution in [-0.2, 0) is 14.2 Å². The molecule has 0 nitrogen and oxygen atoms in total. The fourth-order valence-corrected chi connectivity index (χ4v) is 51.7. The summed E-state index contributed by atoms with van der Waals surface area (Å²) in [5.74, 6) is 0. The molecule has 6 aromatic carbocycles. The van der Waals surface area contributed by atoms with Crippen LogP contribution < -0.4 is 0 Å². The molecule has 2 heteroatoms. The van der Waals surface area contributed by atoms with E-state index in [1.54, 1.807) is 0 Å². The molecule has 0 spiro atoms. The summed E-state index contributed by atoms with van der Waals surface area (Å²) in [4.78, 5) is 0. The van der Waals surface area contributed by atoms with Crippen LogP contribution in [0.1, 0.15) is 57.3 Å². The molecule has 8 rings (SSSR count). The summed E-state index contributed by atoms with van der Waals surface area (Å²) < 4.78 is 7.40. The second-order valence-corrected chi connectivity index (χ2v) is 94.8. The van der Waals surface area contributed by atoms with Gasteiger partial charge in [0.1, 0.15) is 0 Å². The first-order valence-electron chi connectivity index (χ1n) is 19.3. The van der Waals surface area contributed by atoms with E-state index in [0.717, 1.165) is 0 Å². The summed E-state index contributed by atoms with van der Waals surface area (Å²) in [5, 5.41) is 0. The Kier molecular flexibility index (Phi) is 7.69. The van der Waals surface area contributed by atoms with Crippen LogP contribution in [0.5, 0.6) is 0 Å². The van der Waals surface area contributed by atoms with E-state index in [9.17, 15) is 0 Å². The van der Waals surface area contributed by atoms with Crippen LogP contribution in [0.15, 0.2) is 158 Å². The van der Waals surface area contributed by atoms with Gasteiger partial charge in [0, 0.05) is 0 Å². The van der Waals surface area contributed by atoms with E-state index in [0.29, 0.717) is 14.7 Å². The molecule has 0 bridgehead atoms.